The van der Waals surface area contributed by atoms with Crippen molar-refractivity contribution in [2.24, 2.45) is 5.10 Å². The molecule has 0 spiro atoms. The van der Waals surface area contributed by atoms with E-state index in [1.54, 1.807) is 6.07 Å². The molecule has 2 aromatic carbocycles. The van der Waals surface area contributed by atoms with Gasteiger partial charge >= 0.3 is 0 Å². The number of benzene rings is 2. The van der Waals surface area contributed by atoms with Crippen LogP contribution in [0.1, 0.15) is 11.4 Å². The Morgan fingerprint density at radius 1 is 1.35 bits per heavy atom. The van der Waals surface area contributed by atoms with E-state index in [1.807, 2.05) is 30.3 Å². The van der Waals surface area contributed by atoms with Gasteiger partial charge in [0.25, 0.3) is 5.69 Å². The second kappa shape index (κ2) is 7.89. The van der Waals surface area contributed by atoms with E-state index in [2.05, 4.69) is 15.3 Å². The smallest absolute Gasteiger partial charge is 0.288 e. The van der Waals surface area contributed by atoms with Crippen LogP contribution in [0.3, 0.4) is 0 Å². The summed E-state index contributed by atoms with van der Waals surface area (Å²) < 4.78 is 7.30. The maximum absolute atomic E-state index is 11.0. The van der Waals surface area contributed by atoms with Gasteiger partial charge in [-0.3, -0.25) is 10.1 Å². The van der Waals surface area contributed by atoms with Crippen LogP contribution in [0.2, 0.25) is 5.02 Å². The van der Waals surface area contributed by atoms with Crippen LogP contribution in [0.4, 0.5) is 5.69 Å². The zero-order valence-corrected chi connectivity index (χ0v) is 14.8. The molecule has 3 aromatic rings. The number of rotatable bonds is 6. The van der Waals surface area contributed by atoms with Crippen molar-refractivity contribution in [3.05, 3.63) is 79.8 Å². The number of hydrogen-bond acceptors (Lipinski definition) is 6. The number of halogens is 1. The summed E-state index contributed by atoms with van der Waals surface area (Å²) in [6, 6.07) is 13.6. The van der Waals surface area contributed by atoms with Crippen molar-refractivity contribution in [1.82, 2.24) is 14.9 Å². The first-order chi connectivity index (χ1) is 12.5. The number of aromatic nitrogens is 3. The summed E-state index contributed by atoms with van der Waals surface area (Å²) in [6.45, 7) is 0.148. The van der Waals surface area contributed by atoms with Crippen molar-refractivity contribution in [3.8, 4) is 5.75 Å². The highest BCUT2D eigenvalue weighted by Crippen LogP contribution is 2.24. The van der Waals surface area contributed by atoms with E-state index in [1.165, 1.54) is 23.0 Å². The van der Waals surface area contributed by atoms with E-state index in [0.29, 0.717) is 17.1 Å². The van der Waals surface area contributed by atoms with E-state index >= 15 is 0 Å². The quantitative estimate of drug-likeness (QED) is 0.298. The van der Waals surface area contributed by atoms with Gasteiger partial charge in [0.1, 0.15) is 17.4 Å². The SMILES string of the molecule is O=[N+]([O-])c1cc(C=Nn2c(COc3ccccc3)n[nH]c2=S)ccc1Cl. The van der Waals surface area contributed by atoms with Crippen LogP contribution in [0.25, 0.3) is 0 Å². The molecular weight excluding hydrogens is 378 g/mol. The molecule has 8 nitrogen and oxygen atoms in total. The van der Waals surface area contributed by atoms with Crippen molar-refractivity contribution in [2.45, 2.75) is 6.61 Å². The molecule has 3 rings (SSSR count). The van der Waals surface area contributed by atoms with Gasteiger partial charge in [0, 0.05) is 11.6 Å². The summed E-state index contributed by atoms with van der Waals surface area (Å²) >= 11 is 11.0. The standard InChI is InChI=1S/C16H12ClN5O3S/c17-13-7-6-11(8-14(13)22(23)24)9-18-21-15(19-20-16(21)26)10-25-12-4-2-1-3-5-12/h1-9H,10H2,(H,20,26). The number of hydrogen-bond donors (Lipinski definition) is 1. The van der Waals surface area contributed by atoms with Gasteiger partial charge in [-0.05, 0) is 30.4 Å². The van der Waals surface area contributed by atoms with E-state index in [9.17, 15) is 10.1 Å². The molecule has 0 bridgehead atoms. The molecule has 26 heavy (non-hydrogen) atoms. The molecule has 0 radical (unpaired) electrons. The molecule has 0 saturated heterocycles. The first kappa shape index (κ1) is 17.8. The Morgan fingerprint density at radius 3 is 2.85 bits per heavy atom. The average molecular weight is 390 g/mol. The van der Waals surface area contributed by atoms with Crippen LogP contribution >= 0.6 is 23.8 Å². The van der Waals surface area contributed by atoms with Crippen LogP contribution in [0.5, 0.6) is 5.75 Å². The van der Waals surface area contributed by atoms with Gasteiger partial charge in [-0.25, -0.2) is 5.10 Å². The molecule has 0 aliphatic carbocycles. The number of H-pyrrole nitrogens is 1. The summed E-state index contributed by atoms with van der Waals surface area (Å²) in [4.78, 5) is 10.4. The predicted molar refractivity (Wildman–Crippen MR) is 99.3 cm³/mol. The number of para-hydroxylation sites is 1. The number of nitro groups is 1. The minimum atomic E-state index is -0.553. The van der Waals surface area contributed by atoms with Gasteiger partial charge in [-0.2, -0.15) is 14.9 Å². The molecule has 132 valence electrons. The molecule has 0 aliphatic rings. The highest BCUT2D eigenvalue weighted by molar-refractivity contribution is 7.71. The van der Waals surface area contributed by atoms with Crippen molar-refractivity contribution in [2.75, 3.05) is 0 Å². The molecule has 0 atom stereocenters. The molecule has 0 aliphatic heterocycles. The second-order valence-corrected chi connectivity index (χ2v) is 5.86. The first-order valence-electron chi connectivity index (χ1n) is 7.37. The Labute approximate surface area is 157 Å². The minimum absolute atomic E-state index is 0.0593. The van der Waals surface area contributed by atoms with E-state index in [-0.39, 0.29) is 22.1 Å². The molecule has 0 amide bonds. The number of ether oxygens (including phenoxy) is 1. The van der Waals surface area contributed by atoms with Gasteiger partial charge in [-0.1, -0.05) is 35.9 Å². The lowest BCUT2D eigenvalue weighted by molar-refractivity contribution is -0.384. The fourth-order valence-electron chi connectivity index (χ4n) is 2.08. The van der Waals surface area contributed by atoms with Crippen LogP contribution in [0.15, 0.2) is 53.6 Å². The Kier molecular flexibility index (Phi) is 5.40. The van der Waals surface area contributed by atoms with Gasteiger partial charge in [0.15, 0.2) is 5.82 Å². The average Bonchev–Trinajstić information content (AvgIpc) is 2.99. The third-order valence-corrected chi connectivity index (χ3v) is 3.90. The Morgan fingerprint density at radius 2 is 2.12 bits per heavy atom. The van der Waals surface area contributed by atoms with Crippen LogP contribution < -0.4 is 4.74 Å². The normalized spacial score (nSPS) is 11.0. The molecule has 0 fully saturated rings. The summed E-state index contributed by atoms with van der Waals surface area (Å²) in [5, 5.41) is 22.0. The molecule has 0 unspecified atom stereocenters. The summed E-state index contributed by atoms with van der Waals surface area (Å²) in [7, 11) is 0. The monoisotopic (exact) mass is 389 g/mol. The maximum Gasteiger partial charge on any atom is 0.288 e. The number of nitro benzene ring substituents is 1. The highest BCUT2D eigenvalue weighted by Gasteiger charge is 2.12. The van der Waals surface area contributed by atoms with Crippen molar-refractivity contribution in [1.29, 1.82) is 0 Å². The Balaban J connectivity index is 1.81. The molecular formula is C16H12ClN5O3S. The predicted octanol–water partition coefficient (Wildman–Crippen LogP) is 3.96. The van der Waals surface area contributed by atoms with Crippen LogP contribution in [0, 0.1) is 14.9 Å². The van der Waals surface area contributed by atoms with E-state index in [0.717, 1.165) is 0 Å². The van der Waals surface area contributed by atoms with Crippen molar-refractivity contribution in [3.63, 3.8) is 0 Å². The maximum atomic E-state index is 11.0. The summed E-state index contributed by atoms with van der Waals surface area (Å²) in [5.74, 6) is 1.14. The molecule has 10 heteroatoms. The topological polar surface area (TPSA) is 98.3 Å². The first-order valence-corrected chi connectivity index (χ1v) is 8.15. The minimum Gasteiger partial charge on any atom is -0.486 e. The van der Waals surface area contributed by atoms with Crippen LogP contribution in [-0.4, -0.2) is 26.0 Å². The van der Waals surface area contributed by atoms with Gasteiger partial charge in [0.05, 0.1) is 11.1 Å². The third-order valence-electron chi connectivity index (χ3n) is 3.32. The van der Waals surface area contributed by atoms with Gasteiger partial charge < -0.3 is 4.74 Å². The van der Waals surface area contributed by atoms with Crippen molar-refractivity contribution >= 4 is 35.7 Å². The Bertz CT molecular complexity index is 1020. The number of nitrogens with zero attached hydrogens (tertiary/aromatic N) is 4. The third kappa shape index (κ3) is 4.13. The number of aromatic amines is 1. The van der Waals surface area contributed by atoms with Gasteiger partial charge in [-0.15, -0.1) is 0 Å². The molecule has 1 N–H and O–H groups in total. The number of nitrogens with one attached hydrogen (secondary N) is 1. The van der Waals surface area contributed by atoms with Crippen LogP contribution in [-0.2, 0) is 6.61 Å². The lowest BCUT2D eigenvalue weighted by atomic mass is 10.2. The second-order valence-electron chi connectivity index (χ2n) is 5.07. The molecule has 1 heterocycles. The lowest BCUT2D eigenvalue weighted by Gasteiger charge is -2.05. The summed E-state index contributed by atoms with van der Waals surface area (Å²) in [5.41, 5.74) is 0.304. The zero-order chi connectivity index (χ0) is 18.5. The van der Waals surface area contributed by atoms with E-state index < -0.39 is 4.92 Å². The largest absolute Gasteiger partial charge is 0.486 e. The highest BCUT2D eigenvalue weighted by atomic mass is 35.5. The summed E-state index contributed by atoms with van der Waals surface area (Å²) in [6.07, 6.45) is 1.43. The Hall–Kier alpha value is -3.04. The zero-order valence-electron chi connectivity index (χ0n) is 13.2. The fraction of sp³-hybridized carbons (Fsp3) is 0.0625. The fourth-order valence-corrected chi connectivity index (χ4v) is 2.46. The molecule has 0 saturated carbocycles. The van der Waals surface area contributed by atoms with Crippen molar-refractivity contribution < 1.29 is 9.66 Å². The van der Waals surface area contributed by atoms with Gasteiger partial charge in [0.2, 0.25) is 4.77 Å². The molecule has 1 aromatic heterocycles. The lowest BCUT2D eigenvalue weighted by Crippen LogP contribution is -2.04. The van der Waals surface area contributed by atoms with E-state index in [4.69, 9.17) is 28.6 Å².